The van der Waals surface area contributed by atoms with Crippen molar-refractivity contribution in [2.75, 3.05) is 12.4 Å². The third-order valence-electron chi connectivity index (χ3n) is 2.31. The van der Waals surface area contributed by atoms with E-state index in [4.69, 9.17) is 4.42 Å². The number of benzene rings is 1. The Morgan fingerprint density at radius 2 is 2.00 bits per heavy atom. The van der Waals surface area contributed by atoms with Crippen molar-refractivity contribution in [3.63, 3.8) is 0 Å². The molecule has 0 aliphatic rings. The van der Waals surface area contributed by atoms with Crippen LogP contribution in [-0.2, 0) is 6.42 Å². The van der Waals surface area contributed by atoms with Crippen LogP contribution in [0.3, 0.4) is 0 Å². The second-order valence-corrected chi connectivity index (χ2v) is 3.44. The highest BCUT2D eigenvalue weighted by Crippen LogP contribution is 2.17. The molecule has 1 N–H and O–H groups in total. The van der Waals surface area contributed by atoms with E-state index in [1.165, 1.54) is 5.56 Å². The van der Waals surface area contributed by atoms with Crippen molar-refractivity contribution >= 4 is 6.01 Å². The normalized spacial score (nSPS) is 10.3. The Morgan fingerprint density at radius 1 is 1.27 bits per heavy atom. The van der Waals surface area contributed by atoms with E-state index in [1.54, 1.807) is 7.05 Å². The van der Waals surface area contributed by atoms with Crippen molar-refractivity contribution in [3.05, 3.63) is 47.3 Å². The number of oxazole rings is 1. The summed E-state index contributed by atoms with van der Waals surface area (Å²) in [7, 11) is 1.80. The van der Waals surface area contributed by atoms with Crippen LogP contribution in [-0.4, -0.2) is 12.0 Å². The van der Waals surface area contributed by atoms with Crippen LogP contribution in [0.2, 0.25) is 0 Å². The standard InChI is InChI=1S/C12H14N2O/c1-9-11(15-12(13-2)14-9)8-10-6-4-3-5-7-10/h3-7H,8H2,1-2H3,(H,13,14). The zero-order chi connectivity index (χ0) is 10.7. The molecule has 78 valence electrons. The first-order valence-corrected chi connectivity index (χ1v) is 4.97. The molecule has 1 aromatic heterocycles. The van der Waals surface area contributed by atoms with E-state index in [-0.39, 0.29) is 0 Å². The highest BCUT2D eigenvalue weighted by molar-refractivity contribution is 5.28. The summed E-state index contributed by atoms with van der Waals surface area (Å²) in [6.07, 6.45) is 0.793. The summed E-state index contributed by atoms with van der Waals surface area (Å²) >= 11 is 0. The lowest BCUT2D eigenvalue weighted by atomic mass is 10.1. The van der Waals surface area contributed by atoms with Crippen molar-refractivity contribution in [2.24, 2.45) is 0 Å². The van der Waals surface area contributed by atoms with Crippen LogP contribution < -0.4 is 5.32 Å². The van der Waals surface area contributed by atoms with E-state index in [1.807, 2.05) is 25.1 Å². The molecule has 1 aromatic carbocycles. The van der Waals surface area contributed by atoms with Gasteiger partial charge in [-0.05, 0) is 12.5 Å². The summed E-state index contributed by atoms with van der Waals surface area (Å²) in [5, 5.41) is 2.90. The number of aromatic nitrogens is 1. The highest BCUT2D eigenvalue weighted by atomic mass is 16.4. The molecular formula is C12H14N2O. The van der Waals surface area contributed by atoms with Gasteiger partial charge in [0.15, 0.2) is 0 Å². The molecule has 0 radical (unpaired) electrons. The quantitative estimate of drug-likeness (QED) is 0.831. The molecule has 2 rings (SSSR count). The summed E-state index contributed by atoms with van der Waals surface area (Å²) in [5.74, 6) is 0.922. The molecule has 2 aromatic rings. The molecule has 0 saturated carbocycles. The van der Waals surface area contributed by atoms with E-state index in [0.717, 1.165) is 17.9 Å². The minimum absolute atomic E-state index is 0.582. The summed E-state index contributed by atoms with van der Waals surface area (Å²) in [4.78, 5) is 4.25. The maximum atomic E-state index is 5.55. The first-order valence-electron chi connectivity index (χ1n) is 4.97. The maximum Gasteiger partial charge on any atom is 0.294 e. The molecule has 1 heterocycles. The largest absolute Gasteiger partial charge is 0.428 e. The second-order valence-electron chi connectivity index (χ2n) is 3.44. The zero-order valence-electron chi connectivity index (χ0n) is 8.95. The fraction of sp³-hybridized carbons (Fsp3) is 0.250. The molecule has 0 amide bonds. The summed E-state index contributed by atoms with van der Waals surface area (Å²) in [6, 6.07) is 10.8. The Hall–Kier alpha value is -1.77. The molecule has 0 fully saturated rings. The minimum Gasteiger partial charge on any atom is -0.428 e. The van der Waals surface area contributed by atoms with Gasteiger partial charge in [-0.2, -0.15) is 4.98 Å². The molecule has 0 aliphatic carbocycles. The third-order valence-corrected chi connectivity index (χ3v) is 2.31. The van der Waals surface area contributed by atoms with Gasteiger partial charge in [-0.15, -0.1) is 0 Å². The van der Waals surface area contributed by atoms with Crippen molar-refractivity contribution in [3.8, 4) is 0 Å². The number of aryl methyl sites for hydroxylation is 1. The molecule has 0 bridgehead atoms. The smallest absolute Gasteiger partial charge is 0.294 e. The Balaban J connectivity index is 2.21. The Morgan fingerprint density at radius 3 is 2.60 bits per heavy atom. The predicted molar refractivity (Wildman–Crippen MR) is 60.0 cm³/mol. The van der Waals surface area contributed by atoms with Gasteiger partial charge in [0.05, 0.1) is 5.69 Å². The van der Waals surface area contributed by atoms with Crippen LogP contribution in [0.15, 0.2) is 34.7 Å². The topological polar surface area (TPSA) is 38.1 Å². The van der Waals surface area contributed by atoms with E-state index in [0.29, 0.717) is 6.01 Å². The molecule has 3 nitrogen and oxygen atoms in total. The third kappa shape index (κ3) is 2.18. The fourth-order valence-electron chi connectivity index (χ4n) is 1.48. The molecule has 0 aliphatic heterocycles. The molecule has 15 heavy (non-hydrogen) atoms. The Labute approximate surface area is 89.1 Å². The van der Waals surface area contributed by atoms with Gasteiger partial charge in [0.1, 0.15) is 5.76 Å². The summed E-state index contributed by atoms with van der Waals surface area (Å²) in [6.45, 7) is 1.96. The number of nitrogens with zero attached hydrogens (tertiary/aromatic N) is 1. The van der Waals surface area contributed by atoms with Crippen LogP contribution in [0.1, 0.15) is 17.0 Å². The predicted octanol–water partition coefficient (Wildman–Crippen LogP) is 2.62. The van der Waals surface area contributed by atoms with Crippen molar-refractivity contribution in [1.29, 1.82) is 0 Å². The lowest BCUT2D eigenvalue weighted by Gasteiger charge is -1.97. The lowest BCUT2D eigenvalue weighted by molar-refractivity contribution is 0.528. The van der Waals surface area contributed by atoms with Crippen LogP contribution in [0.25, 0.3) is 0 Å². The Bertz CT molecular complexity index is 434. The maximum absolute atomic E-state index is 5.55. The van der Waals surface area contributed by atoms with Gasteiger partial charge in [-0.1, -0.05) is 30.3 Å². The summed E-state index contributed by atoms with van der Waals surface area (Å²) in [5.41, 5.74) is 2.18. The number of hydrogen-bond donors (Lipinski definition) is 1. The first kappa shape index (κ1) is 9.77. The van der Waals surface area contributed by atoms with Crippen molar-refractivity contribution in [1.82, 2.24) is 4.98 Å². The minimum atomic E-state index is 0.582. The van der Waals surface area contributed by atoms with Crippen molar-refractivity contribution in [2.45, 2.75) is 13.3 Å². The van der Waals surface area contributed by atoms with Gasteiger partial charge < -0.3 is 9.73 Å². The summed E-state index contributed by atoms with van der Waals surface area (Å²) < 4.78 is 5.55. The van der Waals surface area contributed by atoms with E-state index >= 15 is 0 Å². The number of rotatable bonds is 3. The molecule has 0 unspecified atom stereocenters. The molecule has 0 spiro atoms. The molecule has 0 saturated heterocycles. The molecule has 3 heteroatoms. The lowest BCUT2D eigenvalue weighted by Crippen LogP contribution is -1.87. The van der Waals surface area contributed by atoms with Crippen molar-refractivity contribution < 1.29 is 4.42 Å². The Kier molecular flexibility index (Phi) is 2.72. The first-order chi connectivity index (χ1) is 7.29. The molecule has 0 atom stereocenters. The van der Waals surface area contributed by atoms with E-state index in [2.05, 4.69) is 22.4 Å². The van der Waals surface area contributed by atoms with Crippen LogP contribution in [0.4, 0.5) is 6.01 Å². The fourth-order valence-corrected chi connectivity index (χ4v) is 1.48. The van der Waals surface area contributed by atoms with Gasteiger partial charge in [0, 0.05) is 13.5 Å². The van der Waals surface area contributed by atoms with Gasteiger partial charge in [-0.25, -0.2) is 0 Å². The van der Waals surface area contributed by atoms with Gasteiger partial charge in [0.2, 0.25) is 0 Å². The van der Waals surface area contributed by atoms with Gasteiger partial charge in [0.25, 0.3) is 6.01 Å². The van der Waals surface area contributed by atoms with Gasteiger partial charge in [-0.3, -0.25) is 0 Å². The SMILES string of the molecule is CNc1nc(C)c(Cc2ccccc2)o1. The average Bonchev–Trinajstić information content (AvgIpc) is 2.61. The number of anilines is 1. The van der Waals surface area contributed by atoms with Crippen LogP contribution >= 0.6 is 0 Å². The molecular weight excluding hydrogens is 188 g/mol. The van der Waals surface area contributed by atoms with Gasteiger partial charge >= 0.3 is 0 Å². The van der Waals surface area contributed by atoms with E-state index < -0.39 is 0 Å². The number of nitrogens with one attached hydrogen (secondary N) is 1. The highest BCUT2D eigenvalue weighted by Gasteiger charge is 2.08. The average molecular weight is 202 g/mol. The van der Waals surface area contributed by atoms with E-state index in [9.17, 15) is 0 Å². The number of hydrogen-bond acceptors (Lipinski definition) is 3. The monoisotopic (exact) mass is 202 g/mol. The second kappa shape index (κ2) is 4.17. The van der Waals surface area contributed by atoms with Crippen LogP contribution in [0.5, 0.6) is 0 Å². The zero-order valence-corrected chi connectivity index (χ0v) is 8.95. The van der Waals surface area contributed by atoms with Crippen LogP contribution in [0, 0.1) is 6.92 Å².